The molecular weight excluding hydrogens is 142 g/mol. The molecule has 0 aromatic heterocycles. The lowest BCUT2D eigenvalue weighted by molar-refractivity contribution is 0.0546. The minimum absolute atomic E-state index is 0.445. The number of hydrogen-bond acceptors (Lipinski definition) is 2. The van der Waals surface area contributed by atoms with E-state index < -0.39 is 11.7 Å². The van der Waals surface area contributed by atoms with Crippen molar-refractivity contribution in [2.45, 2.75) is 33.3 Å². The van der Waals surface area contributed by atoms with Crippen LogP contribution < -0.4 is 5.32 Å². The molecule has 3 nitrogen and oxygen atoms in total. The average molecular weight is 157 g/mol. The van der Waals surface area contributed by atoms with Gasteiger partial charge < -0.3 is 4.74 Å². The summed E-state index contributed by atoms with van der Waals surface area (Å²) in [4.78, 5) is 10.9. The molecule has 1 N–H and O–H groups in total. The number of hydrogen-bond donors (Lipinski definition) is 1. The van der Waals surface area contributed by atoms with Gasteiger partial charge in [0.2, 0.25) is 0 Å². The Morgan fingerprint density at radius 3 is 2.18 bits per heavy atom. The van der Waals surface area contributed by atoms with Crippen LogP contribution in [0.25, 0.3) is 0 Å². The van der Waals surface area contributed by atoms with E-state index in [1.807, 2.05) is 20.8 Å². The lowest BCUT2D eigenvalue weighted by Gasteiger charge is -2.19. The van der Waals surface area contributed by atoms with Gasteiger partial charge in [-0.25, -0.2) is 4.79 Å². The number of alkyl carbamates (subject to hydrolysis) is 1. The molecule has 0 radical (unpaired) electrons. The van der Waals surface area contributed by atoms with Gasteiger partial charge in [0.1, 0.15) is 5.60 Å². The number of allylic oxidation sites excluding steroid dienone is 1. The third-order valence-electron chi connectivity index (χ3n) is 0.714. The van der Waals surface area contributed by atoms with Crippen molar-refractivity contribution in [2.24, 2.45) is 0 Å². The van der Waals surface area contributed by atoms with E-state index in [1.54, 1.807) is 6.92 Å². The van der Waals surface area contributed by atoms with Crippen LogP contribution in [-0.4, -0.2) is 11.7 Å². The number of carbonyl (C=O) groups is 1. The maximum Gasteiger partial charge on any atom is 0.411 e. The smallest absolute Gasteiger partial charge is 0.411 e. The van der Waals surface area contributed by atoms with Crippen LogP contribution in [0.15, 0.2) is 12.3 Å². The fourth-order valence-corrected chi connectivity index (χ4v) is 0.478. The van der Waals surface area contributed by atoms with E-state index in [1.165, 1.54) is 0 Å². The monoisotopic (exact) mass is 157 g/mol. The molecule has 0 atom stereocenters. The second-order valence-electron chi connectivity index (χ2n) is 3.41. The van der Waals surface area contributed by atoms with Crippen molar-refractivity contribution < 1.29 is 9.53 Å². The van der Waals surface area contributed by atoms with Crippen molar-refractivity contribution in [1.82, 2.24) is 5.32 Å². The van der Waals surface area contributed by atoms with Gasteiger partial charge in [-0.3, -0.25) is 5.32 Å². The number of rotatable bonds is 1. The van der Waals surface area contributed by atoms with Crippen LogP contribution in [-0.2, 0) is 4.74 Å². The van der Waals surface area contributed by atoms with E-state index in [9.17, 15) is 4.79 Å². The molecule has 0 bridgehead atoms. The molecule has 0 unspecified atom stereocenters. The van der Waals surface area contributed by atoms with Crippen molar-refractivity contribution in [3.05, 3.63) is 12.3 Å². The summed E-state index contributed by atoms with van der Waals surface area (Å²) in [5, 5.41) is 2.44. The molecule has 0 aliphatic rings. The topological polar surface area (TPSA) is 38.3 Å². The van der Waals surface area contributed by atoms with Crippen molar-refractivity contribution in [3.8, 4) is 0 Å². The van der Waals surface area contributed by atoms with E-state index >= 15 is 0 Å². The van der Waals surface area contributed by atoms with E-state index in [4.69, 9.17) is 4.74 Å². The second kappa shape index (κ2) is 3.42. The molecule has 0 saturated heterocycles. The highest BCUT2D eigenvalue weighted by Gasteiger charge is 2.15. The molecule has 64 valence electrons. The number of ether oxygens (including phenoxy) is 1. The van der Waals surface area contributed by atoms with E-state index in [-0.39, 0.29) is 0 Å². The largest absolute Gasteiger partial charge is 0.444 e. The van der Waals surface area contributed by atoms with Gasteiger partial charge in [-0.1, -0.05) is 6.58 Å². The summed E-state index contributed by atoms with van der Waals surface area (Å²) in [5.41, 5.74) is 0.138. The zero-order valence-corrected chi connectivity index (χ0v) is 7.52. The number of nitrogens with one attached hydrogen (secondary N) is 1. The van der Waals surface area contributed by atoms with Crippen LogP contribution in [0.2, 0.25) is 0 Å². The quantitative estimate of drug-likeness (QED) is 0.632. The van der Waals surface area contributed by atoms with Gasteiger partial charge in [0, 0.05) is 5.70 Å². The summed E-state index contributed by atoms with van der Waals surface area (Å²) >= 11 is 0. The van der Waals surface area contributed by atoms with Gasteiger partial charge in [0.15, 0.2) is 0 Å². The van der Waals surface area contributed by atoms with Gasteiger partial charge in [0.05, 0.1) is 0 Å². The molecule has 0 rings (SSSR count). The predicted octanol–water partition coefficient (Wildman–Crippen LogP) is 2.04. The highest BCUT2D eigenvalue weighted by molar-refractivity contribution is 5.69. The summed E-state index contributed by atoms with van der Waals surface area (Å²) in [7, 11) is 0. The van der Waals surface area contributed by atoms with Gasteiger partial charge in [-0.2, -0.15) is 0 Å². The van der Waals surface area contributed by atoms with Crippen LogP contribution in [0.5, 0.6) is 0 Å². The predicted molar refractivity (Wildman–Crippen MR) is 44.2 cm³/mol. The van der Waals surface area contributed by atoms with Crippen molar-refractivity contribution in [2.75, 3.05) is 0 Å². The Labute approximate surface area is 67.4 Å². The van der Waals surface area contributed by atoms with E-state index in [0.717, 1.165) is 0 Å². The molecule has 0 heterocycles. The fraction of sp³-hybridized carbons (Fsp3) is 0.625. The molecule has 11 heavy (non-hydrogen) atoms. The fourth-order valence-electron chi connectivity index (χ4n) is 0.478. The Morgan fingerprint density at radius 1 is 1.45 bits per heavy atom. The highest BCUT2D eigenvalue weighted by Crippen LogP contribution is 2.06. The molecule has 0 aliphatic heterocycles. The summed E-state index contributed by atoms with van der Waals surface area (Å²) in [6.07, 6.45) is -0.454. The first-order valence-corrected chi connectivity index (χ1v) is 3.47. The maximum atomic E-state index is 10.9. The first-order valence-electron chi connectivity index (χ1n) is 3.47. The zero-order chi connectivity index (χ0) is 9.07. The summed E-state index contributed by atoms with van der Waals surface area (Å²) < 4.78 is 4.94. The number of amides is 1. The normalized spacial score (nSPS) is 10.5. The minimum atomic E-state index is -0.454. The lowest BCUT2D eigenvalue weighted by Crippen LogP contribution is -2.31. The molecular formula is C8H15NO2. The Bertz CT molecular complexity index is 167. The first-order chi connectivity index (χ1) is 4.81. The molecule has 0 aromatic rings. The Morgan fingerprint density at radius 2 is 1.91 bits per heavy atom. The Hall–Kier alpha value is -0.990. The van der Waals surface area contributed by atoms with Crippen LogP contribution >= 0.6 is 0 Å². The lowest BCUT2D eigenvalue weighted by atomic mass is 10.2. The Balaban J connectivity index is 3.80. The third-order valence-corrected chi connectivity index (χ3v) is 0.714. The molecule has 0 aliphatic carbocycles. The molecule has 1 amide bonds. The van der Waals surface area contributed by atoms with Crippen molar-refractivity contribution in [3.63, 3.8) is 0 Å². The standard InChI is InChI=1S/C8H15NO2/c1-6(2)9-7(10)11-8(3,4)5/h1H2,2-5H3,(H,9,10). The highest BCUT2D eigenvalue weighted by atomic mass is 16.6. The zero-order valence-electron chi connectivity index (χ0n) is 7.52. The molecule has 0 aromatic carbocycles. The Kier molecular flexibility index (Phi) is 3.11. The second-order valence-corrected chi connectivity index (χ2v) is 3.41. The van der Waals surface area contributed by atoms with E-state index in [0.29, 0.717) is 5.70 Å². The average Bonchev–Trinajstić information content (AvgIpc) is 1.53. The first kappa shape index (κ1) is 10.0. The number of carbonyl (C=O) groups excluding carboxylic acids is 1. The van der Waals surface area contributed by atoms with Crippen LogP contribution in [0.1, 0.15) is 27.7 Å². The van der Waals surface area contributed by atoms with Crippen LogP contribution in [0.3, 0.4) is 0 Å². The van der Waals surface area contributed by atoms with Gasteiger partial charge >= 0.3 is 6.09 Å². The van der Waals surface area contributed by atoms with Crippen LogP contribution in [0.4, 0.5) is 4.79 Å². The maximum absolute atomic E-state index is 10.9. The SMILES string of the molecule is C=C(C)NC(=O)OC(C)(C)C. The molecule has 3 heteroatoms. The van der Waals surface area contributed by atoms with Crippen molar-refractivity contribution in [1.29, 1.82) is 0 Å². The summed E-state index contributed by atoms with van der Waals surface area (Å²) in [6.45, 7) is 10.6. The third kappa shape index (κ3) is 6.90. The molecule has 0 spiro atoms. The molecule has 0 saturated carbocycles. The van der Waals surface area contributed by atoms with Crippen molar-refractivity contribution >= 4 is 6.09 Å². The van der Waals surface area contributed by atoms with E-state index in [2.05, 4.69) is 11.9 Å². The minimum Gasteiger partial charge on any atom is -0.444 e. The molecule has 0 fully saturated rings. The van der Waals surface area contributed by atoms with Crippen LogP contribution in [0, 0.1) is 0 Å². The summed E-state index contributed by atoms with van der Waals surface area (Å²) in [5.74, 6) is 0. The van der Waals surface area contributed by atoms with Gasteiger partial charge in [0.25, 0.3) is 0 Å². The van der Waals surface area contributed by atoms with Gasteiger partial charge in [-0.05, 0) is 27.7 Å². The summed E-state index contributed by atoms with van der Waals surface area (Å²) in [6, 6.07) is 0. The van der Waals surface area contributed by atoms with Gasteiger partial charge in [-0.15, -0.1) is 0 Å².